The van der Waals surface area contributed by atoms with Crippen LogP contribution in [-0.4, -0.2) is 26.2 Å². The van der Waals surface area contributed by atoms with E-state index >= 15 is 0 Å². The first kappa shape index (κ1) is 15.7. The first-order valence-corrected chi connectivity index (χ1v) is 7.57. The van der Waals surface area contributed by atoms with Crippen LogP contribution in [0.15, 0.2) is 48.5 Å². The standard InChI is InChI=1S/C17H18N6O/c1-12-6-8-15(9-7-12)23-16(20-21-22-23)11-18-17(24)19-14-5-3-4-13(2)10-14/h3-10H,11H2,1-2H3,(H2,18,19,24). The molecule has 0 spiro atoms. The molecule has 2 amide bonds. The number of benzene rings is 2. The van der Waals surface area contributed by atoms with Crippen LogP contribution < -0.4 is 10.6 Å². The Kier molecular flexibility index (Phi) is 4.51. The molecule has 2 N–H and O–H groups in total. The van der Waals surface area contributed by atoms with Gasteiger partial charge in [-0.15, -0.1) is 5.10 Å². The Bertz CT molecular complexity index is 840. The smallest absolute Gasteiger partial charge is 0.319 e. The maximum atomic E-state index is 12.0. The molecular weight excluding hydrogens is 304 g/mol. The number of nitrogens with one attached hydrogen (secondary N) is 2. The SMILES string of the molecule is Cc1ccc(-n2nnnc2CNC(=O)Nc2cccc(C)c2)cc1. The Labute approximate surface area is 139 Å². The second kappa shape index (κ2) is 6.91. The highest BCUT2D eigenvalue weighted by atomic mass is 16.2. The van der Waals surface area contributed by atoms with Crippen molar-refractivity contribution >= 4 is 11.7 Å². The molecular formula is C17H18N6O. The molecule has 0 aliphatic carbocycles. The number of rotatable bonds is 4. The van der Waals surface area contributed by atoms with Gasteiger partial charge >= 0.3 is 6.03 Å². The first-order valence-electron chi connectivity index (χ1n) is 7.57. The minimum Gasteiger partial charge on any atom is -0.330 e. The summed E-state index contributed by atoms with van der Waals surface area (Å²) in [6.07, 6.45) is 0. The number of hydrogen-bond acceptors (Lipinski definition) is 4. The van der Waals surface area contributed by atoms with Crippen molar-refractivity contribution in [2.45, 2.75) is 20.4 Å². The molecule has 1 aromatic heterocycles. The highest BCUT2D eigenvalue weighted by Gasteiger charge is 2.10. The van der Waals surface area contributed by atoms with Crippen molar-refractivity contribution in [1.29, 1.82) is 0 Å². The summed E-state index contributed by atoms with van der Waals surface area (Å²) >= 11 is 0. The Morgan fingerprint density at radius 3 is 2.62 bits per heavy atom. The fourth-order valence-electron chi connectivity index (χ4n) is 2.26. The van der Waals surface area contributed by atoms with Gasteiger partial charge in [0.25, 0.3) is 0 Å². The lowest BCUT2D eigenvalue weighted by Gasteiger charge is -2.08. The molecule has 0 atom stereocenters. The number of anilines is 1. The van der Waals surface area contributed by atoms with Gasteiger partial charge in [0.05, 0.1) is 12.2 Å². The molecule has 0 radical (unpaired) electrons. The van der Waals surface area contributed by atoms with E-state index in [1.807, 2.05) is 62.4 Å². The maximum absolute atomic E-state index is 12.0. The van der Waals surface area contributed by atoms with Gasteiger partial charge in [0.2, 0.25) is 0 Å². The van der Waals surface area contributed by atoms with E-state index in [4.69, 9.17) is 0 Å². The number of hydrogen-bond donors (Lipinski definition) is 2. The van der Waals surface area contributed by atoms with E-state index in [2.05, 4.69) is 26.2 Å². The Morgan fingerprint density at radius 1 is 1.08 bits per heavy atom. The summed E-state index contributed by atoms with van der Waals surface area (Å²) in [6, 6.07) is 15.1. The summed E-state index contributed by atoms with van der Waals surface area (Å²) in [5.74, 6) is 0.554. The van der Waals surface area contributed by atoms with Crippen molar-refractivity contribution < 1.29 is 4.79 Å². The second-order valence-corrected chi connectivity index (χ2v) is 5.52. The van der Waals surface area contributed by atoms with E-state index in [-0.39, 0.29) is 12.6 Å². The van der Waals surface area contributed by atoms with Gasteiger partial charge in [-0.2, -0.15) is 4.68 Å². The van der Waals surface area contributed by atoms with Crippen LogP contribution in [0.4, 0.5) is 10.5 Å². The second-order valence-electron chi connectivity index (χ2n) is 5.52. The zero-order valence-electron chi connectivity index (χ0n) is 13.5. The van der Waals surface area contributed by atoms with Gasteiger partial charge in [0, 0.05) is 5.69 Å². The lowest BCUT2D eigenvalue weighted by molar-refractivity contribution is 0.251. The third-order valence-electron chi connectivity index (χ3n) is 3.50. The highest BCUT2D eigenvalue weighted by molar-refractivity contribution is 5.89. The summed E-state index contributed by atoms with van der Waals surface area (Å²) < 4.78 is 1.60. The molecule has 3 rings (SSSR count). The average Bonchev–Trinajstić information content (AvgIpc) is 3.02. The van der Waals surface area contributed by atoms with Crippen LogP contribution in [0.3, 0.4) is 0 Å². The Hall–Kier alpha value is -3.22. The molecule has 24 heavy (non-hydrogen) atoms. The van der Waals surface area contributed by atoms with Gasteiger partial charge in [-0.25, -0.2) is 4.79 Å². The topological polar surface area (TPSA) is 84.7 Å². The molecule has 3 aromatic rings. The van der Waals surface area contributed by atoms with Gasteiger partial charge in [-0.3, -0.25) is 0 Å². The molecule has 0 saturated heterocycles. The molecule has 122 valence electrons. The summed E-state index contributed by atoms with van der Waals surface area (Å²) in [5, 5.41) is 17.2. The zero-order chi connectivity index (χ0) is 16.9. The number of amides is 2. The quantitative estimate of drug-likeness (QED) is 0.773. The largest absolute Gasteiger partial charge is 0.330 e. The summed E-state index contributed by atoms with van der Waals surface area (Å²) in [6.45, 7) is 4.21. The molecule has 2 aromatic carbocycles. The molecule has 7 heteroatoms. The first-order chi connectivity index (χ1) is 11.6. The molecule has 0 bridgehead atoms. The van der Waals surface area contributed by atoms with Crippen molar-refractivity contribution in [3.05, 3.63) is 65.5 Å². The monoisotopic (exact) mass is 322 g/mol. The van der Waals surface area contributed by atoms with Crippen LogP contribution in [0.2, 0.25) is 0 Å². The molecule has 0 fully saturated rings. The zero-order valence-corrected chi connectivity index (χ0v) is 13.5. The number of carbonyl (C=O) groups is 1. The average molecular weight is 322 g/mol. The van der Waals surface area contributed by atoms with Crippen molar-refractivity contribution in [1.82, 2.24) is 25.5 Å². The normalized spacial score (nSPS) is 10.4. The Balaban J connectivity index is 1.64. The fraction of sp³-hybridized carbons (Fsp3) is 0.176. The molecule has 0 aliphatic heterocycles. The van der Waals surface area contributed by atoms with Gasteiger partial charge in [0.1, 0.15) is 0 Å². The van der Waals surface area contributed by atoms with E-state index < -0.39 is 0 Å². The molecule has 0 saturated carbocycles. The van der Waals surface area contributed by atoms with E-state index in [0.29, 0.717) is 5.82 Å². The van der Waals surface area contributed by atoms with Crippen LogP contribution in [0.5, 0.6) is 0 Å². The third kappa shape index (κ3) is 3.75. The van der Waals surface area contributed by atoms with Gasteiger partial charge in [0.15, 0.2) is 5.82 Å². The number of carbonyl (C=O) groups excluding carboxylic acids is 1. The predicted molar refractivity (Wildman–Crippen MR) is 90.9 cm³/mol. The van der Waals surface area contributed by atoms with E-state index in [0.717, 1.165) is 22.5 Å². The summed E-state index contributed by atoms with van der Waals surface area (Å²) in [5.41, 5.74) is 3.83. The van der Waals surface area contributed by atoms with Crippen LogP contribution >= 0.6 is 0 Å². The molecule has 7 nitrogen and oxygen atoms in total. The van der Waals surface area contributed by atoms with E-state index in [1.54, 1.807) is 4.68 Å². The van der Waals surface area contributed by atoms with Crippen LogP contribution in [0.25, 0.3) is 5.69 Å². The van der Waals surface area contributed by atoms with Crippen LogP contribution in [0.1, 0.15) is 17.0 Å². The van der Waals surface area contributed by atoms with Gasteiger partial charge in [-0.1, -0.05) is 29.8 Å². The molecule has 1 heterocycles. The maximum Gasteiger partial charge on any atom is 0.319 e. The van der Waals surface area contributed by atoms with Crippen molar-refractivity contribution in [2.24, 2.45) is 0 Å². The lowest BCUT2D eigenvalue weighted by Crippen LogP contribution is -2.29. The number of aromatic nitrogens is 4. The van der Waals surface area contributed by atoms with Crippen molar-refractivity contribution in [3.8, 4) is 5.69 Å². The fourth-order valence-corrected chi connectivity index (χ4v) is 2.26. The van der Waals surface area contributed by atoms with Gasteiger partial charge < -0.3 is 10.6 Å². The number of urea groups is 1. The van der Waals surface area contributed by atoms with E-state index in [1.165, 1.54) is 0 Å². The number of tetrazole rings is 1. The van der Waals surface area contributed by atoms with E-state index in [9.17, 15) is 4.79 Å². The summed E-state index contributed by atoms with van der Waals surface area (Å²) in [7, 11) is 0. The highest BCUT2D eigenvalue weighted by Crippen LogP contribution is 2.10. The number of nitrogens with zero attached hydrogens (tertiary/aromatic N) is 4. The minimum absolute atomic E-state index is 0.221. The van der Waals surface area contributed by atoms with Crippen LogP contribution in [0, 0.1) is 13.8 Å². The molecule has 0 aliphatic rings. The minimum atomic E-state index is -0.306. The van der Waals surface area contributed by atoms with Crippen molar-refractivity contribution in [3.63, 3.8) is 0 Å². The van der Waals surface area contributed by atoms with Crippen molar-refractivity contribution in [2.75, 3.05) is 5.32 Å². The number of aryl methyl sites for hydroxylation is 2. The van der Waals surface area contributed by atoms with Gasteiger partial charge in [-0.05, 0) is 54.1 Å². The third-order valence-corrected chi connectivity index (χ3v) is 3.50. The predicted octanol–water partition coefficient (Wildman–Crippen LogP) is 2.60. The summed E-state index contributed by atoms with van der Waals surface area (Å²) in [4.78, 5) is 12.0. The van der Waals surface area contributed by atoms with Crippen LogP contribution in [-0.2, 0) is 6.54 Å². The molecule has 0 unspecified atom stereocenters. The lowest BCUT2D eigenvalue weighted by atomic mass is 10.2. The Morgan fingerprint density at radius 2 is 1.88 bits per heavy atom.